The van der Waals surface area contributed by atoms with Crippen LogP contribution in [0, 0.1) is 0 Å². The molecule has 158 valence electrons. The Kier molecular flexibility index (Phi) is 8.33. The highest BCUT2D eigenvalue weighted by Crippen LogP contribution is 2.39. The molecule has 1 unspecified atom stereocenters. The number of carbonyl (C=O) groups is 1. The molecule has 0 aliphatic heterocycles. The van der Waals surface area contributed by atoms with Gasteiger partial charge in [-0.15, -0.1) is 11.8 Å². The molecule has 8 heteroatoms. The van der Waals surface area contributed by atoms with Crippen LogP contribution in [0.5, 0.6) is 28.7 Å². The summed E-state index contributed by atoms with van der Waals surface area (Å²) in [6.45, 7) is 2.15. The lowest BCUT2D eigenvalue weighted by molar-refractivity contribution is -0.120. The maximum Gasteiger partial charge on any atom is 0.233 e. The molecule has 2 rings (SSSR count). The van der Waals surface area contributed by atoms with Crippen LogP contribution in [0.15, 0.2) is 35.2 Å². The molecule has 7 nitrogen and oxygen atoms in total. The lowest BCUT2D eigenvalue weighted by Crippen LogP contribution is -2.30. The molecule has 0 spiro atoms. The second kappa shape index (κ2) is 10.7. The first-order valence-electron chi connectivity index (χ1n) is 8.93. The zero-order chi connectivity index (χ0) is 21.4. The van der Waals surface area contributed by atoms with Crippen molar-refractivity contribution in [2.24, 2.45) is 0 Å². The van der Waals surface area contributed by atoms with Gasteiger partial charge in [0.05, 0.1) is 40.8 Å². The lowest BCUT2D eigenvalue weighted by Gasteiger charge is -2.17. The Hall–Kier alpha value is -2.74. The van der Waals surface area contributed by atoms with E-state index in [1.165, 1.54) is 11.8 Å². The van der Waals surface area contributed by atoms with Crippen LogP contribution in [0.25, 0.3) is 0 Å². The molecule has 2 aromatic carbocycles. The standard InChI is InChI=1S/C21H27NO6S/c1-13(29-15-8-10-16(24-2)18(11-15)26-4)21(23)22-12-14-7-9-17(25-3)20(28-6)19(14)27-5/h7-11,13H,12H2,1-6H3,(H,22,23). The number of hydrogen-bond acceptors (Lipinski definition) is 7. The summed E-state index contributed by atoms with van der Waals surface area (Å²) in [5, 5.41) is 2.64. The van der Waals surface area contributed by atoms with Crippen molar-refractivity contribution in [2.45, 2.75) is 23.6 Å². The van der Waals surface area contributed by atoms with Gasteiger partial charge < -0.3 is 29.0 Å². The van der Waals surface area contributed by atoms with Crippen LogP contribution in [-0.4, -0.2) is 46.7 Å². The summed E-state index contributed by atoms with van der Waals surface area (Å²) in [4.78, 5) is 13.5. The van der Waals surface area contributed by atoms with Crippen LogP contribution in [0.4, 0.5) is 0 Å². The summed E-state index contributed by atoms with van der Waals surface area (Å²) in [6.07, 6.45) is 0. The molecule has 0 saturated heterocycles. The van der Waals surface area contributed by atoms with E-state index in [4.69, 9.17) is 23.7 Å². The summed E-state index contributed by atoms with van der Waals surface area (Å²) in [5.41, 5.74) is 0.793. The van der Waals surface area contributed by atoms with E-state index in [0.29, 0.717) is 35.3 Å². The number of benzene rings is 2. The van der Waals surface area contributed by atoms with Crippen LogP contribution in [0.2, 0.25) is 0 Å². The summed E-state index contributed by atoms with van der Waals surface area (Å²) in [5.74, 6) is 2.77. The van der Waals surface area contributed by atoms with Gasteiger partial charge in [-0.25, -0.2) is 0 Å². The molecular weight excluding hydrogens is 394 g/mol. The van der Waals surface area contributed by atoms with Gasteiger partial charge in [0.1, 0.15) is 0 Å². The predicted octanol–water partition coefficient (Wildman–Crippen LogP) is 3.53. The Morgan fingerprint density at radius 3 is 2.07 bits per heavy atom. The lowest BCUT2D eigenvalue weighted by atomic mass is 10.1. The van der Waals surface area contributed by atoms with Crippen molar-refractivity contribution in [3.05, 3.63) is 35.9 Å². The summed E-state index contributed by atoms with van der Waals surface area (Å²) in [6, 6.07) is 9.19. The number of rotatable bonds is 10. The van der Waals surface area contributed by atoms with Crippen LogP contribution < -0.4 is 29.0 Å². The fourth-order valence-electron chi connectivity index (χ4n) is 2.78. The topological polar surface area (TPSA) is 75.3 Å². The maximum absolute atomic E-state index is 12.6. The predicted molar refractivity (Wildman–Crippen MR) is 113 cm³/mol. The number of carbonyl (C=O) groups excluding carboxylic acids is 1. The van der Waals surface area contributed by atoms with Gasteiger partial charge in [0.25, 0.3) is 0 Å². The van der Waals surface area contributed by atoms with E-state index in [1.807, 2.05) is 31.2 Å². The normalized spacial score (nSPS) is 11.4. The maximum atomic E-state index is 12.6. The Bertz CT molecular complexity index is 842. The van der Waals surface area contributed by atoms with Crippen LogP contribution in [-0.2, 0) is 11.3 Å². The summed E-state index contributed by atoms with van der Waals surface area (Å²) < 4.78 is 26.7. The number of methoxy groups -OCH3 is 5. The number of nitrogens with one attached hydrogen (secondary N) is 1. The molecule has 29 heavy (non-hydrogen) atoms. The van der Waals surface area contributed by atoms with Crippen molar-refractivity contribution >= 4 is 17.7 Å². The first-order chi connectivity index (χ1) is 14.0. The van der Waals surface area contributed by atoms with Crippen molar-refractivity contribution in [2.75, 3.05) is 35.5 Å². The van der Waals surface area contributed by atoms with Crippen LogP contribution in [0.3, 0.4) is 0 Å². The minimum atomic E-state index is -0.306. The quantitative estimate of drug-likeness (QED) is 0.588. The first-order valence-corrected chi connectivity index (χ1v) is 9.81. The zero-order valence-corrected chi connectivity index (χ0v) is 18.3. The zero-order valence-electron chi connectivity index (χ0n) is 17.5. The Balaban J connectivity index is 2.05. The molecular formula is C21H27NO6S. The molecule has 0 aromatic heterocycles. The number of ether oxygens (including phenoxy) is 5. The molecule has 0 aliphatic carbocycles. The SMILES string of the molecule is COc1ccc(SC(C)C(=O)NCc2ccc(OC)c(OC)c2OC)cc1OC. The van der Waals surface area contributed by atoms with Crippen molar-refractivity contribution in [3.8, 4) is 28.7 Å². The molecule has 0 saturated carbocycles. The minimum Gasteiger partial charge on any atom is -0.493 e. The highest BCUT2D eigenvalue weighted by molar-refractivity contribution is 8.00. The van der Waals surface area contributed by atoms with E-state index in [0.717, 1.165) is 10.5 Å². The highest BCUT2D eigenvalue weighted by Gasteiger charge is 2.19. The Morgan fingerprint density at radius 2 is 1.48 bits per heavy atom. The summed E-state index contributed by atoms with van der Waals surface area (Å²) >= 11 is 1.44. The van der Waals surface area contributed by atoms with Gasteiger partial charge in [-0.2, -0.15) is 0 Å². The van der Waals surface area contributed by atoms with Crippen molar-refractivity contribution < 1.29 is 28.5 Å². The van der Waals surface area contributed by atoms with Crippen molar-refractivity contribution in [3.63, 3.8) is 0 Å². The molecule has 1 amide bonds. The third kappa shape index (κ3) is 5.41. The van der Waals surface area contributed by atoms with Gasteiger partial charge in [-0.05, 0) is 37.3 Å². The fourth-order valence-corrected chi connectivity index (χ4v) is 3.70. The second-order valence-electron chi connectivity index (χ2n) is 5.99. The number of amides is 1. The van der Waals surface area contributed by atoms with E-state index in [9.17, 15) is 4.79 Å². The van der Waals surface area contributed by atoms with Gasteiger partial charge in [-0.1, -0.05) is 0 Å². The summed E-state index contributed by atoms with van der Waals surface area (Å²) in [7, 11) is 7.83. The molecule has 0 aliphatic rings. The van der Waals surface area contributed by atoms with E-state index in [2.05, 4.69) is 5.32 Å². The smallest absolute Gasteiger partial charge is 0.233 e. The average Bonchev–Trinajstić information content (AvgIpc) is 2.76. The molecule has 0 fully saturated rings. The molecule has 0 bridgehead atoms. The number of hydrogen-bond donors (Lipinski definition) is 1. The third-order valence-corrected chi connectivity index (χ3v) is 5.37. The highest BCUT2D eigenvalue weighted by atomic mass is 32.2. The Labute approximate surface area is 175 Å². The Morgan fingerprint density at radius 1 is 0.862 bits per heavy atom. The van der Waals surface area contributed by atoms with Crippen molar-refractivity contribution in [1.29, 1.82) is 0 Å². The third-order valence-electron chi connectivity index (χ3n) is 4.28. The second-order valence-corrected chi connectivity index (χ2v) is 7.40. The average molecular weight is 422 g/mol. The number of thioether (sulfide) groups is 1. The van der Waals surface area contributed by atoms with Gasteiger partial charge >= 0.3 is 0 Å². The van der Waals surface area contributed by atoms with Crippen molar-refractivity contribution in [1.82, 2.24) is 5.32 Å². The minimum absolute atomic E-state index is 0.0957. The molecule has 1 N–H and O–H groups in total. The van der Waals surface area contributed by atoms with Gasteiger partial charge in [0.2, 0.25) is 11.7 Å². The monoisotopic (exact) mass is 421 g/mol. The van der Waals surface area contributed by atoms with E-state index < -0.39 is 0 Å². The van der Waals surface area contributed by atoms with E-state index in [1.54, 1.807) is 41.6 Å². The van der Waals surface area contributed by atoms with Crippen LogP contribution in [0.1, 0.15) is 12.5 Å². The molecule has 1 atom stereocenters. The first kappa shape index (κ1) is 22.5. The van der Waals surface area contributed by atoms with E-state index >= 15 is 0 Å². The molecule has 2 aromatic rings. The van der Waals surface area contributed by atoms with Gasteiger partial charge in [0.15, 0.2) is 23.0 Å². The molecule has 0 radical (unpaired) electrons. The molecule has 0 heterocycles. The van der Waals surface area contributed by atoms with Gasteiger partial charge in [0, 0.05) is 17.0 Å². The van der Waals surface area contributed by atoms with E-state index in [-0.39, 0.29) is 11.2 Å². The van der Waals surface area contributed by atoms with Gasteiger partial charge in [-0.3, -0.25) is 4.79 Å². The van der Waals surface area contributed by atoms with Crippen LogP contribution >= 0.6 is 11.8 Å². The largest absolute Gasteiger partial charge is 0.493 e. The fraction of sp³-hybridized carbons (Fsp3) is 0.381.